The Bertz CT molecular complexity index is 4050. The fourth-order valence-electron chi connectivity index (χ4n) is 11.3. The lowest BCUT2D eigenvalue weighted by Gasteiger charge is -2.49. The van der Waals surface area contributed by atoms with Gasteiger partial charge in [-0.2, -0.15) is 87.8 Å². The van der Waals surface area contributed by atoms with Crippen LogP contribution in [0.1, 0.15) is 75.1 Å². The first-order valence-corrected chi connectivity index (χ1v) is 33.8. The van der Waals surface area contributed by atoms with Crippen LogP contribution in [0.2, 0.25) is 0 Å². The molecule has 0 N–H and O–H groups in total. The molecule has 2 aliphatic rings. The van der Waals surface area contributed by atoms with E-state index in [1.54, 1.807) is 121 Å². The van der Waals surface area contributed by atoms with Crippen molar-refractivity contribution in [1.29, 1.82) is 0 Å². The second-order valence-electron chi connectivity index (χ2n) is 25.3. The highest BCUT2D eigenvalue weighted by molar-refractivity contribution is 5.90. The minimum atomic E-state index is -8.10. The van der Waals surface area contributed by atoms with Crippen molar-refractivity contribution in [3.63, 3.8) is 0 Å². The van der Waals surface area contributed by atoms with Gasteiger partial charge in [0, 0.05) is 19.3 Å². The van der Waals surface area contributed by atoms with Gasteiger partial charge in [-0.1, -0.05) is 158 Å². The second kappa shape index (κ2) is 36.6. The van der Waals surface area contributed by atoms with Crippen LogP contribution in [-0.4, -0.2) is 153 Å². The van der Waals surface area contributed by atoms with Crippen molar-refractivity contribution < 1.29 is 159 Å². The molecule has 0 aromatic heterocycles. The normalized spacial score (nSPS) is 21.1. The first-order valence-electron chi connectivity index (χ1n) is 33.8. The van der Waals surface area contributed by atoms with Gasteiger partial charge in [-0.15, -0.1) is 0 Å². The summed E-state index contributed by atoms with van der Waals surface area (Å²) in [5.74, 6) is -54.8. The van der Waals surface area contributed by atoms with Crippen molar-refractivity contribution in [2.45, 2.75) is 174 Å². The third-order valence-corrected chi connectivity index (χ3v) is 17.3. The Morgan fingerprint density at radius 3 is 1.18 bits per heavy atom. The number of hydrogen-bond acceptors (Lipinski definition) is 15. The first-order chi connectivity index (χ1) is 52.4. The lowest BCUT2D eigenvalue weighted by atomic mass is 9.92. The summed E-state index contributed by atoms with van der Waals surface area (Å²) in [5, 5.41) is 0. The van der Waals surface area contributed by atoms with Gasteiger partial charge in [0.1, 0.15) is 42.0 Å². The van der Waals surface area contributed by atoms with Crippen LogP contribution in [0.5, 0.6) is 11.5 Å². The smallest absolute Gasteiger partial charge is 0.460 e. The molecule has 0 bridgehead atoms. The average molecular weight is 1600 g/mol. The Labute approximate surface area is 619 Å². The fraction of sp³-hybridized carbons (Fsp3) is 0.408. The summed E-state index contributed by atoms with van der Waals surface area (Å²) in [4.78, 5) is 43.6. The molecule has 2 fully saturated rings. The van der Waals surface area contributed by atoms with E-state index in [9.17, 15) is 102 Å². The van der Waals surface area contributed by atoms with E-state index in [1.165, 1.54) is 60.7 Å². The molecule has 0 saturated carbocycles. The van der Waals surface area contributed by atoms with Gasteiger partial charge < -0.3 is 56.8 Å². The van der Waals surface area contributed by atoms with E-state index in [0.717, 1.165) is 24.3 Å². The van der Waals surface area contributed by atoms with Gasteiger partial charge in [-0.25, -0.2) is 9.59 Å². The van der Waals surface area contributed by atoms with Gasteiger partial charge in [-0.3, -0.25) is 4.79 Å². The molecule has 0 radical (unpaired) electrons. The third kappa shape index (κ3) is 21.0. The van der Waals surface area contributed by atoms with E-state index in [-0.39, 0.29) is 49.1 Å². The summed E-state index contributed by atoms with van der Waals surface area (Å²) in [7, 11) is 0. The maximum atomic E-state index is 14.8. The van der Waals surface area contributed by atoms with Crippen molar-refractivity contribution in [2.75, 3.05) is 19.8 Å². The number of esters is 3. The third-order valence-electron chi connectivity index (χ3n) is 17.3. The van der Waals surface area contributed by atoms with Crippen LogP contribution in [0.4, 0.5) is 87.8 Å². The van der Waals surface area contributed by atoms with Crippen molar-refractivity contribution in [2.24, 2.45) is 0 Å². The molecule has 7 aromatic rings. The van der Waals surface area contributed by atoms with Gasteiger partial charge in [-0.05, 0) is 83.6 Å². The predicted octanol–water partition coefficient (Wildman–Crippen LogP) is 17.8. The van der Waals surface area contributed by atoms with Gasteiger partial charge in [0.2, 0.25) is 6.29 Å². The minimum absolute atomic E-state index is 0.104. The van der Waals surface area contributed by atoms with Crippen LogP contribution in [0.15, 0.2) is 206 Å². The van der Waals surface area contributed by atoms with Gasteiger partial charge >= 0.3 is 71.7 Å². The highest BCUT2D eigenvalue weighted by Gasteiger charge is 2.90. The maximum Gasteiger partial charge on any atom is 0.460 e. The Morgan fingerprint density at radius 1 is 0.342 bits per heavy atom. The number of alkyl halides is 20. The van der Waals surface area contributed by atoms with Crippen LogP contribution >= 0.6 is 0 Å². The molecule has 35 heteroatoms. The molecule has 15 nitrogen and oxygen atoms in total. The Hall–Kier alpha value is -9.13. The number of hydrogen-bond donors (Lipinski definition) is 0. The Balaban J connectivity index is 1.12. The fourth-order valence-corrected chi connectivity index (χ4v) is 11.3. The lowest BCUT2D eigenvalue weighted by Crippen LogP contribution is -2.70. The van der Waals surface area contributed by atoms with E-state index in [1.807, 2.05) is 0 Å². The second-order valence-corrected chi connectivity index (χ2v) is 25.3. The van der Waals surface area contributed by atoms with E-state index in [4.69, 9.17) is 56.8 Å². The summed E-state index contributed by atoms with van der Waals surface area (Å²) < 4.78 is 355. The van der Waals surface area contributed by atoms with Crippen molar-refractivity contribution >= 4 is 17.9 Å². The zero-order valence-electron chi connectivity index (χ0n) is 57.6. The molecular formula is C76H68F20O15. The molecule has 602 valence electrons. The Morgan fingerprint density at radius 2 is 0.721 bits per heavy atom. The number of rotatable bonds is 37. The zero-order valence-corrected chi connectivity index (χ0v) is 57.6. The van der Waals surface area contributed by atoms with Gasteiger partial charge in [0.25, 0.3) is 0 Å². The predicted molar refractivity (Wildman–Crippen MR) is 348 cm³/mol. The SMILES string of the molecule is O=C(CCCC(F)(F)C(F)(F)C(F)(F)F)O[C@@H]1[C@H](OC(=O)c2ccccc2)[C@@H](OC(=O)c2ccccc2)[C@@H](O[C@H]2[C@@H](OCc3ccccc3)[C@@H](COCc3ccccc3)O[C@@H](Oc3ccc(OCCCC(F)(F)C(F)(F)C(F)(F)C(F)(F)C(F)(F)C(F)(F)F)cc3)[C@@H]2OCc2ccccc2)O[C@@H]1COCc1ccccc1. The lowest BCUT2D eigenvalue weighted by molar-refractivity contribution is -0.440. The maximum absolute atomic E-state index is 14.8. The van der Waals surface area contributed by atoms with Crippen molar-refractivity contribution in [1.82, 2.24) is 0 Å². The molecule has 0 amide bonds. The standard InChI is InChI=1S/C76H68F20O15/c77-68(78,70(81,82)72(85,86)73(87,88)74(89,90)76(94,95)96)39-20-40-102-53-34-36-54(37-35-53)105-66-62(104-44-50-27-13-4-14-28-50)60(58(103-43-49-25-11-3-12-26-49)55(106-66)45-100-41-47-21-7-1-8-22-47)111-67-63(110-65(99)52-31-17-6-18-32-52)61(109-64(98)51-29-15-5-16-30-51)59(56(107-67)46-101-42-48-23-9-2-10-24-48)108-57(97)33-19-38-69(79,80)71(83,84)75(91,92)93/h1-18,21-32,34-37,55-56,58-63,66-67H,19-20,33,38-46H2/t55-,56-,58+,59+,60+,61+,62-,63-,66-,67-/m1/s1. The molecule has 9 rings (SSSR count). The highest BCUT2D eigenvalue weighted by atomic mass is 19.4. The molecule has 0 aliphatic carbocycles. The quantitative estimate of drug-likeness (QED) is 0.0156. The van der Waals surface area contributed by atoms with Gasteiger partial charge in [0.05, 0.1) is 57.4 Å². The van der Waals surface area contributed by atoms with E-state index in [2.05, 4.69) is 0 Å². The molecule has 7 aromatic carbocycles. The molecular weight excluding hydrogens is 1530 g/mol. The largest absolute Gasteiger partial charge is 0.494 e. The van der Waals surface area contributed by atoms with Crippen LogP contribution < -0.4 is 9.47 Å². The van der Waals surface area contributed by atoms with Crippen LogP contribution in [0, 0.1) is 0 Å². The first kappa shape index (κ1) is 85.9. The number of halogens is 20. The van der Waals surface area contributed by atoms with E-state index < -0.39 is 185 Å². The van der Waals surface area contributed by atoms with Crippen LogP contribution in [-0.2, 0) is 78.6 Å². The summed E-state index contributed by atoms with van der Waals surface area (Å²) in [6.07, 6.45) is -42.1. The van der Waals surface area contributed by atoms with Crippen LogP contribution in [0.25, 0.3) is 0 Å². The summed E-state index contributed by atoms with van der Waals surface area (Å²) in [5.41, 5.74) is 1.76. The number of benzene rings is 7. The van der Waals surface area contributed by atoms with E-state index in [0.29, 0.717) is 22.3 Å². The molecule has 0 spiro atoms. The minimum Gasteiger partial charge on any atom is -0.494 e. The van der Waals surface area contributed by atoms with Crippen molar-refractivity contribution in [3.8, 4) is 11.5 Å². The van der Waals surface area contributed by atoms with Gasteiger partial charge in [0.15, 0.2) is 24.6 Å². The summed E-state index contributed by atoms with van der Waals surface area (Å²) in [6, 6.07) is 51.7. The number of carbonyl (C=O) groups excluding carboxylic acids is 3. The summed E-state index contributed by atoms with van der Waals surface area (Å²) in [6.45, 7) is -3.35. The molecule has 2 heterocycles. The van der Waals surface area contributed by atoms with Crippen molar-refractivity contribution in [3.05, 3.63) is 240 Å². The topological polar surface area (TPSA) is 162 Å². The monoisotopic (exact) mass is 1600 g/mol. The zero-order chi connectivity index (χ0) is 80.6. The number of ether oxygens (including phenoxy) is 12. The molecule has 2 aliphatic heterocycles. The molecule has 2 saturated heterocycles. The van der Waals surface area contributed by atoms with Crippen LogP contribution in [0.3, 0.4) is 0 Å². The number of carbonyl (C=O) groups is 3. The highest BCUT2D eigenvalue weighted by Crippen LogP contribution is 2.61. The molecule has 10 atom stereocenters. The van der Waals surface area contributed by atoms with E-state index >= 15 is 0 Å². The summed E-state index contributed by atoms with van der Waals surface area (Å²) >= 11 is 0. The molecule has 111 heavy (non-hydrogen) atoms. The average Bonchev–Trinajstić information content (AvgIpc) is 0.711. The Kier molecular flexibility index (Phi) is 28.3. The molecule has 0 unspecified atom stereocenters.